The maximum atomic E-state index is 11.9. The Morgan fingerprint density at radius 3 is 2.45 bits per heavy atom. The van der Waals surface area contributed by atoms with Gasteiger partial charge in [0.2, 0.25) is 5.91 Å². The predicted molar refractivity (Wildman–Crippen MR) is 118 cm³/mol. The lowest BCUT2D eigenvalue weighted by Gasteiger charge is -2.35. The summed E-state index contributed by atoms with van der Waals surface area (Å²) in [4.78, 5) is 18.9. The van der Waals surface area contributed by atoms with Crippen LogP contribution in [0, 0.1) is 0 Å². The SMILES string of the molecule is CCCNC(=O)CN=C(NCC)NCC(c1ccc(OC)cc1)N1CCCCC1. The second kappa shape index (κ2) is 13.0. The molecule has 0 bridgehead atoms. The Bertz CT molecular complexity index is 627. The van der Waals surface area contributed by atoms with Crippen molar-refractivity contribution in [3.63, 3.8) is 0 Å². The van der Waals surface area contributed by atoms with E-state index in [9.17, 15) is 4.79 Å². The Morgan fingerprint density at radius 2 is 1.83 bits per heavy atom. The van der Waals surface area contributed by atoms with E-state index in [1.807, 2.05) is 26.0 Å². The second-order valence-electron chi connectivity index (χ2n) is 7.31. The number of methoxy groups -OCH3 is 1. The molecule has 1 aliphatic rings. The molecule has 0 spiro atoms. The van der Waals surface area contributed by atoms with Crippen molar-refractivity contribution in [2.75, 3.05) is 46.4 Å². The van der Waals surface area contributed by atoms with Crippen LogP contribution < -0.4 is 20.7 Å². The zero-order valence-corrected chi connectivity index (χ0v) is 18.2. The number of piperidine rings is 1. The molecule has 1 atom stereocenters. The third-order valence-corrected chi connectivity index (χ3v) is 5.09. The zero-order chi connectivity index (χ0) is 20.9. The fraction of sp³-hybridized carbons (Fsp3) is 0.636. The summed E-state index contributed by atoms with van der Waals surface area (Å²) in [7, 11) is 1.69. The van der Waals surface area contributed by atoms with Gasteiger partial charge in [-0.2, -0.15) is 0 Å². The average Bonchev–Trinajstić information content (AvgIpc) is 2.77. The molecule has 7 heteroatoms. The van der Waals surface area contributed by atoms with Crippen LogP contribution in [0.5, 0.6) is 5.75 Å². The Morgan fingerprint density at radius 1 is 1.10 bits per heavy atom. The summed E-state index contributed by atoms with van der Waals surface area (Å²) in [5.41, 5.74) is 1.26. The van der Waals surface area contributed by atoms with Crippen molar-refractivity contribution in [1.82, 2.24) is 20.9 Å². The predicted octanol–water partition coefficient (Wildman–Crippen LogP) is 2.30. The monoisotopic (exact) mass is 403 g/mol. The molecular formula is C22H37N5O2. The number of hydrogen-bond acceptors (Lipinski definition) is 4. The smallest absolute Gasteiger partial charge is 0.241 e. The molecule has 0 aliphatic carbocycles. The molecule has 1 heterocycles. The third kappa shape index (κ3) is 7.93. The third-order valence-electron chi connectivity index (χ3n) is 5.09. The molecule has 1 amide bonds. The van der Waals surface area contributed by atoms with Crippen LogP contribution in [-0.2, 0) is 4.79 Å². The van der Waals surface area contributed by atoms with Crippen LogP contribution in [0.15, 0.2) is 29.3 Å². The maximum absolute atomic E-state index is 11.9. The van der Waals surface area contributed by atoms with Gasteiger partial charge in [-0.15, -0.1) is 0 Å². The lowest BCUT2D eigenvalue weighted by molar-refractivity contribution is -0.119. The number of carbonyl (C=O) groups is 1. The molecule has 0 radical (unpaired) electrons. The first kappa shape index (κ1) is 23.0. The van der Waals surface area contributed by atoms with E-state index >= 15 is 0 Å². The largest absolute Gasteiger partial charge is 0.497 e. The normalized spacial score (nSPS) is 16.2. The van der Waals surface area contributed by atoms with E-state index in [0.717, 1.165) is 38.3 Å². The lowest BCUT2D eigenvalue weighted by Crippen LogP contribution is -2.45. The average molecular weight is 404 g/mol. The number of amides is 1. The number of likely N-dealkylation sites (tertiary alicyclic amines) is 1. The molecule has 7 nitrogen and oxygen atoms in total. The number of nitrogens with one attached hydrogen (secondary N) is 3. The number of aliphatic imine (C=N–C) groups is 1. The van der Waals surface area contributed by atoms with Gasteiger partial charge in [-0.3, -0.25) is 9.69 Å². The Hall–Kier alpha value is -2.28. The number of nitrogens with zero attached hydrogens (tertiary/aromatic N) is 2. The molecule has 1 fully saturated rings. The van der Waals surface area contributed by atoms with Gasteiger partial charge in [0.1, 0.15) is 12.3 Å². The Kier molecular flexibility index (Phi) is 10.3. The van der Waals surface area contributed by atoms with E-state index in [1.54, 1.807) is 7.11 Å². The zero-order valence-electron chi connectivity index (χ0n) is 18.2. The summed E-state index contributed by atoms with van der Waals surface area (Å²) < 4.78 is 5.31. The fourth-order valence-electron chi connectivity index (χ4n) is 3.52. The number of benzene rings is 1. The van der Waals surface area contributed by atoms with Crippen LogP contribution in [-0.4, -0.2) is 63.1 Å². The van der Waals surface area contributed by atoms with Crippen LogP contribution in [0.2, 0.25) is 0 Å². The summed E-state index contributed by atoms with van der Waals surface area (Å²) in [5, 5.41) is 9.55. The molecule has 0 aromatic heterocycles. The van der Waals surface area contributed by atoms with Crippen LogP contribution in [0.4, 0.5) is 0 Å². The van der Waals surface area contributed by atoms with Gasteiger partial charge in [0.05, 0.1) is 13.2 Å². The van der Waals surface area contributed by atoms with Crippen LogP contribution >= 0.6 is 0 Å². The van der Waals surface area contributed by atoms with Crippen molar-refractivity contribution in [3.05, 3.63) is 29.8 Å². The maximum Gasteiger partial charge on any atom is 0.241 e. The summed E-state index contributed by atoms with van der Waals surface area (Å²) in [6.07, 6.45) is 4.69. The highest BCUT2D eigenvalue weighted by molar-refractivity contribution is 5.84. The summed E-state index contributed by atoms with van der Waals surface area (Å²) in [6, 6.07) is 8.57. The highest BCUT2D eigenvalue weighted by Crippen LogP contribution is 2.25. The first-order chi connectivity index (χ1) is 14.2. The first-order valence-electron chi connectivity index (χ1n) is 10.8. The van der Waals surface area contributed by atoms with Gasteiger partial charge in [-0.1, -0.05) is 25.5 Å². The quantitative estimate of drug-likeness (QED) is 0.413. The number of hydrogen-bond donors (Lipinski definition) is 3. The molecule has 3 N–H and O–H groups in total. The van der Waals surface area contributed by atoms with Crippen molar-refractivity contribution in [2.45, 2.75) is 45.6 Å². The number of rotatable bonds is 10. The summed E-state index contributed by atoms with van der Waals surface area (Å²) in [6.45, 7) is 8.57. The van der Waals surface area contributed by atoms with Crippen molar-refractivity contribution in [2.24, 2.45) is 4.99 Å². The molecule has 1 unspecified atom stereocenters. The molecule has 2 rings (SSSR count). The van der Waals surface area contributed by atoms with E-state index in [1.165, 1.54) is 24.8 Å². The van der Waals surface area contributed by atoms with E-state index < -0.39 is 0 Å². The highest BCUT2D eigenvalue weighted by Gasteiger charge is 2.22. The Balaban J connectivity index is 2.05. The standard InChI is InChI=1S/C22H37N5O2/c1-4-13-24-21(28)17-26-22(23-5-2)25-16-20(27-14-7-6-8-15-27)18-9-11-19(29-3)12-10-18/h9-12,20H,4-8,13-17H2,1-3H3,(H,24,28)(H2,23,25,26). The Labute approximate surface area is 175 Å². The fourth-order valence-corrected chi connectivity index (χ4v) is 3.52. The first-order valence-corrected chi connectivity index (χ1v) is 10.8. The van der Waals surface area contributed by atoms with Gasteiger partial charge in [0.15, 0.2) is 5.96 Å². The minimum atomic E-state index is -0.0493. The molecule has 162 valence electrons. The topological polar surface area (TPSA) is 78.0 Å². The van der Waals surface area contributed by atoms with E-state index in [-0.39, 0.29) is 18.5 Å². The molecule has 1 aromatic carbocycles. The van der Waals surface area contributed by atoms with Crippen molar-refractivity contribution < 1.29 is 9.53 Å². The molecule has 1 aliphatic heterocycles. The van der Waals surface area contributed by atoms with Gasteiger partial charge >= 0.3 is 0 Å². The summed E-state index contributed by atoms with van der Waals surface area (Å²) >= 11 is 0. The summed E-state index contributed by atoms with van der Waals surface area (Å²) in [5.74, 6) is 1.49. The molecule has 1 saturated heterocycles. The minimum absolute atomic E-state index is 0.0493. The van der Waals surface area contributed by atoms with Crippen molar-refractivity contribution in [1.29, 1.82) is 0 Å². The second-order valence-corrected chi connectivity index (χ2v) is 7.31. The van der Waals surface area contributed by atoms with Gasteiger partial charge in [0, 0.05) is 19.6 Å². The molecule has 1 aromatic rings. The van der Waals surface area contributed by atoms with Crippen LogP contribution in [0.1, 0.15) is 51.1 Å². The molecule has 29 heavy (non-hydrogen) atoms. The number of ether oxygens (including phenoxy) is 1. The van der Waals surface area contributed by atoms with E-state index in [2.05, 4.69) is 38.0 Å². The molecule has 0 saturated carbocycles. The number of carbonyl (C=O) groups excluding carboxylic acids is 1. The van der Waals surface area contributed by atoms with E-state index in [4.69, 9.17) is 4.74 Å². The van der Waals surface area contributed by atoms with Crippen LogP contribution in [0.25, 0.3) is 0 Å². The van der Waals surface area contributed by atoms with Gasteiger partial charge < -0.3 is 20.7 Å². The van der Waals surface area contributed by atoms with Gasteiger partial charge in [-0.05, 0) is 57.0 Å². The van der Waals surface area contributed by atoms with Gasteiger partial charge in [0.25, 0.3) is 0 Å². The van der Waals surface area contributed by atoms with E-state index in [0.29, 0.717) is 12.5 Å². The minimum Gasteiger partial charge on any atom is -0.497 e. The van der Waals surface area contributed by atoms with Gasteiger partial charge in [-0.25, -0.2) is 4.99 Å². The van der Waals surface area contributed by atoms with Crippen molar-refractivity contribution >= 4 is 11.9 Å². The number of guanidine groups is 1. The van der Waals surface area contributed by atoms with Crippen LogP contribution in [0.3, 0.4) is 0 Å². The highest BCUT2D eigenvalue weighted by atomic mass is 16.5. The van der Waals surface area contributed by atoms with Crippen molar-refractivity contribution in [3.8, 4) is 5.75 Å². The lowest BCUT2D eigenvalue weighted by atomic mass is 10.0. The molecular weight excluding hydrogens is 366 g/mol.